The Kier molecular flexibility index (Phi) is 5.07. The minimum atomic E-state index is -0.174. The Labute approximate surface area is 126 Å². The normalized spacial score (nSPS) is 22.2. The summed E-state index contributed by atoms with van der Waals surface area (Å²) in [6.45, 7) is 9.69. The molecule has 116 valence electrons. The SMILES string of the molecule is CC(C)NC(=O)Nc1ccccc1N1C[C@@H](C)O[C@H](C)C1. The molecular weight excluding hydrogens is 266 g/mol. The second kappa shape index (κ2) is 6.80. The van der Waals surface area contributed by atoms with E-state index >= 15 is 0 Å². The van der Waals surface area contributed by atoms with Crippen LogP contribution >= 0.6 is 0 Å². The van der Waals surface area contributed by atoms with Crippen LogP contribution in [0, 0.1) is 0 Å². The monoisotopic (exact) mass is 291 g/mol. The van der Waals surface area contributed by atoms with Crippen molar-refractivity contribution in [3.05, 3.63) is 24.3 Å². The number of hydrogen-bond acceptors (Lipinski definition) is 3. The summed E-state index contributed by atoms with van der Waals surface area (Å²) < 4.78 is 5.77. The molecule has 0 aliphatic carbocycles. The lowest BCUT2D eigenvalue weighted by Gasteiger charge is -2.37. The van der Waals surface area contributed by atoms with Gasteiger partial charge in [-0.05, 0) is 39.8 Å². The lowest BCUT2D eigenvalue weighted by Crippen LogP contribution is -2.46. The molecule has 2 atom stereocenters. The lowest BCUT2D eigenvalue weighted by atomic mass is 10.1. The van der Waals surface area contributed by atoms with E-state index in [0.717, 1.165) is 24.5 Å². The molecule has 1 aromatic carbocycles. The summed E-state index contributed by atoms with van der Waals surface area (Å²) in [6.07, 6.45) is 0.373. The zero-order chi connectivity index (χ0) is 15.4. The predicted octanol–water partition coefficient (Wildman–Crippen LogP) is 2.83. The highest BCUT2D eigenvalue weighted by molar-refractivity contribution is 5.93. The third-order valence-corrected chi connectivity index (χ3v) is 3.33. The van der Waals surface area contributed by atoms with Gasteiger partial charge in [-0.15, -0.1) is 0 Å². The second-order valence-corrected chi connectivity index (χ2v) is 5.93. The van der Waals surface area contributed by atoms with Gasteiger partial charge in [0.1, 0.15) is 0 Å². The fraction of sp³-hybridized carbons (Fsp3) is 0.562. The number of para-hydroxylation sites is 2. The van der Waals surface area contributed by atoms with Crippen LogP contribution in [0.4, 0.5) is 16.2 Å². The topological polar surface area (TPSA) is 53.6 Å². The van der Waals surface area contributed by atoms with E-state index in [1.54, 1.807) is 0 Å². The number of ether oxygens (including phenoxy) is 1. The number of hydrogen-bond donors (Lipinski definition) is 2. The molecule has 0 bridgehead atoms. The Balaban J connectivity index is 2.14. The van der Waals surface area contributed by atoms with Crippen molar-refractivity contribution in [2.75, 3.05) is 23.3 Å². The van der Waals surface area contributed by atoms with Gasteiger partial charge in [-0.3, -0.25) is 0 Å². The first-order valence-electron chi connectivity index (χ1n) is 7.52. The largest absolute Gasteiger partial charge is 0.372 e. The summed E-state index contributed by atoms with van der Waals surface area (Å²) in [4.78, 5) is 14.2. The quantitative estimate of drug-likeness (QED) is 0.900. The number of anilines is 2. The van der Waals surface area contributed by atoms with E-state index in [4.69, 9.17) is 4.74 Å². The fourth-order valence-corrected chi connectivity index (χ4v) is 2.65. The number of benzene rings is 1. The number of nitrogens with one attached hydrogen (secondary N) is 2. The van der Waals surface area contributed by atoms with Crippen molar-refractivity contribution >= 4 is 17.4 Å². The Morgan fingerprint density at radius 3 is 2.48 bits per heavy atom. The summed E-state index contributed by atoms with van der Waals surface area (Å²) >= 11 is 0. The van der Waals surface area contributed by atoms with Crippen LogP contribution in [-0.2, 0) is 4.74 Å². The van der Waals surface area contributed by atoms with Gasteiger partial charge in [0, 0.05) is 19.1 Å². The third-order valence-electron chi connectivity index (χ3n) is 3.33. The number of carbonyl (C=O) groups is 1. The Bertz CT molecular complexity index is 480. The van der Waals surface area contributed by atoms with Crippen molar-refractivity contribution in [3.63, 3.8) is 0 Å². The van der Waals surface area contributed by atoms with E-state index in [0.29, 0.717) is 0 Å². The van der Waals surface area contributed by atoms with Gasteiger partial charge in [0.05, 0.1) is 23.6 Å². The van der Waals surface area contributed by atoms with Crippen LogP contribution in [0.1, 0.15) is 27.7 Å². The maximum atomic E-state index is 11.9. The molecule has 5 heteroatoms. The van der Waals surface area contributed by atoms with E-state index in [1.165, 1.54) is 0 Å². The Morgan fingerprint density at radius 2 is 1.86 bits per heavy atom. The highest BCUT2D eigenvalue weighted by Crippen LogP contribution is 2.28. The van der Waals surface area contributed by atoms with E-state index in [9.17, 15) is 4.79 Å². The van der Waals surface area contributed by atoms with Crippen molar-refractivity contribution in [1.29, 1.82) is 0 Å². The van der Waals surface area contributed by atoms with Gasteiger partial charge in [0.2, 0.25) is 0 Å². The zero-order valence-electron chi connectivity index (χ0n) is 13.2. The molecule has 0 unspecified atom stereocenters. The van der Waals surface area contributed by atoms with E-state index in [2.05, 4.69) is 29.4 Å². The zero-order valence-corrected chi connectivity index (χ0v) is 13.2. The molecule has 1 aliphatic heterocycles. The molecule has 2 N–H and O–H groups in total. The number of urea groups is 1. The van der Waals surface area contributed by atoms with Crippen molar-refractivity contribution in [2.45, 2.75) is 45.9 Å². The molecule has 1 aromatic rings. The van der Waals surface area contributed by atoms with Gasteiger partial charge in [-0.2, -0.15) is 0 Å². The summed E-state index contributed by atoms with van der Waals surface area (Å²) in [7, 11) is 0. The van der Waals surface area contributed by atoms with Gasteiger partial charge in [-0.25, -0.2) is 4.79 Å². The van der Waals surface area contributed by atoms with Gasteiger partial charge in [0.25, 0.3) is 0 Å². The standard InChI is InChI=1S/C16H25N3O2/c1-11(2)17-16(20)18-14-7-5-6-8-15(14)19-9-12(3)21-13(4)10-19/h5-8,11-13H,9-10H2,1-4H3,(H2,17,18,20)/t12-,13-/m1/s1. The van der Waals surface area contributed by atoms with Crippen LogP contribution in [0.3, 0.4) is 0 Å². The molecule has 0 radical (unpaired) electrons. The van der Waals surface area contributed by atoms with Crippen molar-refractivity contribution in [1.82, 2.24) is 5.32 Å². The highest BCUT2D eigenvalue weighted by atomic mass is 16.5. The summed E-state index contributed by atoms with van der Waals surface area (Å²) in [5.74, 6) is 0. The molecule has 0 saturated carbocycles. The molecule has 0 aromatic heterocycles. The summed E-state index contributed by atoms with van der Waals surface area (Å²) in [6, 6.07) is 7.83. The van der Waals surface area contributed by atoms with Crippen molar-refractivity contribution in [3.8, 4) is 0 Å². The van der Waals surface area contributed by atoms with Crippen molar-refractivity contribution in [2.24, 2.45) is 0 Å². The average Bonchev–Trinajstić information content (AvgIpc) is 2.37. The molecule has 1 heterocycles. The van der Waals surface area contributed by atoms with Crippen LogP contribution in [0.2, 0.25) is 0 Å². The van der Waals surface area contributed by atoms with Crippen LogP contribution in [0.25, 0.3) is 0 Å². The molecular formula is C16H25N3O2. The predicted molar refractivity (Wildman–Crippen MR) is 86.0 cm³/mol. The first-order valence-corrected chi connectivity index (χ1v) is 7.52. The molecule has 1 fully saturated rings. The number of morpholine rings is 1. The first-order chi connectivity index (χ1) is 9.95. The molecule has 0 spiro atoms. The lowest BCUT2D eigenvalue weighted by molar-refractivity contribution is -0.00517. The number of amides is 2. The van der Waals surface area contributed by atoms with E-state index in [1.807, 2.05) is 38.1 Å². The molecule has 1 saturated heterocycles. The molecule has 21 heavy (non-hydrogen) atoms. The number of rotatable bonds is 3. The van der Waals surface area contributed by atoms with E-state index < -0.39 is 0 Å². The maximum Gasteiger partial charge on any atom is 0.319 e. The highest BCUT2D eigenvalue weighted by Gasteiger charge is 2.24. The fourth-order valence-electron chi connectivity index (χ4n) is 2.65. The smallest absolute Gasteiger partial charge is 0.319 e. The summed E-state index contributed by atoms with van der Waals surface area (Å²) in [5.41, 5.74) is 1.87. The molecule has 1 aliphatic rings. The van der Waals surface area contributed by atoms with Crippen LogP contribution in [-0.4, -0.2) is 37.4 Å². The van der Waals surface area contributed by atoms with Crippen LogP contribution < -0.4 is 15.5 Å². The number of carbonyl (C=O) groups excluding carboxylic acids is 1. The molecule has 5 nitrogen and oxygen atoms in total. The Hall–Kier alpha value is -1.75. The summed E-state index contributed by atoms with van der Waals surface area (Å²) in [5, 5.41) is 5.78. The van der Waals surface area contributed by atoms with E-state index in [-0.39, 0.29) is 24.3 Å². The minimum Gasteiger partial charge on any atom is -0.372 e. The molecule has 2 amide bonds. The van der Waals surface area contributed by atoms with Crippen LogP contribution in [0.5, 0.6) is 0 Å². The third kappa shape index (κ3) is 4.36. The molecule has 2 rings (SSSR count). The first kappa shape index (κ1) is 15.6. The maximum absolute atomic E-state index is 11.9. The number of nitrogens with zero attached hydrogens (tertiary/aromatic N) is 1. The second-order valence-electron chi connectivity index (χ2n) is 5.93. The van der Waals surface area contributed by atoms with Gasteiger partial charge in [-0.1, -0.05) is 12.1 Å². The van der Waals surface area contributed by atoms with Gasteiger partial charge < -0.3 is 20.3 Å². The van der Waals surface area contributed by atoms with Gasteiger partial charge >= 0.3 is 6.03 Å². The van der Waals surface area contributed by atoms with Crippen molar-refractivity contribution < 1.29 is 9.53 Å². The van der Waals surface area contributed by atoms with Crippen LogP contribution in [0.15, 0.2) is 24.3 Å². The van der Waals surface area contributed by atoms with Gasteiger partial charge in [0.15, 0.2) is 0 Å². The Morgan fingerprint density at radius 1 is 1.24 bits per heavy atom. The minimum absolute atomic E-state index is 0.112. The average molecular weight is 291 g/mol.